The first-order valence-electron chi connectivity index (χ1n) is 7.61. The van der Waals surface area contributed by atoms with Crippen molar-refractivity contribution in [1.29, 1.82) is 0 Å². The van der Waals surface area contributed by atoms with Crippen molar-refractivity contribution < 1.29 is 23.8 Å². The third kappa shape index (κ3) is 3.81. The molecule has 1 amide bonds. The average Bonchev–Trinajstić information content (AvgIpc) is 2.84. The molecule has 0 aromatic heterocycles. The second-order valence-corrected chi connectivity index (χ2v) is 6.86. The molecule has 0 bridgehead atoms. The molecule has 1 heterocycles. The van der Waals surface area contributed by atoms with Crippen molar-refractivity contribution in [2.45, 2.75) is 51.2 Å². The minimum atomic E-state index is -1.46. The van der Waals surface area contributed by atoms with Crippen LogP contribution in [0.2, 0.25) is 0 Å². The Morgan fingerprint density at radius 2 is 1.91 bits per heavy atom. The summed E-state index contributed by atoms with van der Waals surface area (Å²) in [6, 6.07) is 5.58. The first-order chi connectivity index (χ1) is 10.6. The van der Waals surface area contributed by atoms with Crippen LogP contribution in [0.4, 0.5) is 9.18 Å². The summed E-state index contributed by atoms with van der Waals surface area (Å²) in [7, 11) is 0. The van der Waals surface area contributed by atoms with Gasteiger partial charge in [0.1, 0.15) is 11.4 Å². The summed E-state index contributed by atoms with van der Waals surface area (Å²) >= 11 is 0. The molecule has 1 aromatic carbocycles. The Labute approximate surface area is 135 Å². The van der Waals surface area contributed by atoms with Crippen molar-refractivity contribution in [3.05, 3.63) is 35.6 Å². The number of likely N-dealkylation sites (tertiary alicyclic amines) is 1. The summed E-state index contributed by atoms with van der Waals surface area (Å²) in [6.07, 6.45) is 0.233. The molecule has 1 atom stereocenters. The average molecular weight is 322 g/mol. The second-order valence-electron chi connectivity index (χ2n) is 6.86. The van der Waals surface area contributed by atoms with Gasteiger partial charge in [-0.2, -0.15) is 0 Å². The topological polar surface area (TPSA) is 69.7 Å². The van der Waals surface area contributed by atoms with Crippen LogP contribution in [0.1, 0.15) is 39.2 Å². The van der Waals surface area contributed by atoms with Gasteiger partial charge in [0, 0.05) is 13.0 Å². The number of rotatable bonds is 3. The molecular formula is C17H21FNO4-. The van der Waals surface area contributed by atoms with Gasteiger partial charge in [-0.15, -0.1) is 0 Å². The first kappa shape index (κ1) is 17.2. The molecule has 1 aromatic rings. The van der Waals surface area contributed by atoms with Gasteiger partial charge in [0.2, 0.25) is 0 Å². The van der Waals surface area contributed by atoms with E-state index in [0.29, 0.717) is 18.5 Å². The number of nitrogens with zero attached hydrogens (tertiary/aromatic N) is 1. The number of carboxylic acids is 1. The Kier molecular flexibility index (Phi) is 4.63. The van der Waals surface area contributed by atoms with Crippen molar-refractivity contribution in [3.63, 3.8) is 0 Å². The van der Waals surface area contributed by atoms with Gasteiger partial charge < -0.3 is 14.6 Å². The van der Waals surface area contributed by atoms with Crippen LogP contribution in [0.25, 0.3) is 0 Å². The number of hydrogen-bond donors (Lipinski definition) is 0. The predicted octanol–water partition coefficient (Wildman–Crippen LogP) is 1.89. The molecule has 6 heteroatoms. The van der Waals surface area contributed by atoms with Crippen molar-refractivity contribution in [3.8, 4) is 0 Å². The lowest BCUT2D eigenvalue weighted by atomic mass is 9.88. The molecule has 0 spiro atoms. The third-order valence-corrected chi connectivity index (χ3v) is 3.89. The SMILES string of the molecule is CC(C)(C)OC(=O)N1CCC[C@@]1(Cc1ccc(F)cc1)C(=O)[O-]. The zero-order chi connectivity index (χ0) is 17.3. The fourth-order valence-corrected chi connectivity index (χ4v) is 2.87. The minimum absolute atomic E-state index is 0.0643. The summed E-state index contributed by atoms with van der Waals surface area (Å²) in [5, 5.41) is 11.8. The Balaban J connectivity index is 2.29. The molecular weight excluding hydrogens is 301 g/mol. The standard InChI is InChI=1S/C17H22FNO4/c1-16(2,3)23-15(22)19-10-4-9-17(19,14(20)21)11-12-5-7-13(18)8-6-12/h5-8H,4,9-11H2,1-3H3,(H,20,21)/p-1/t17-/m1/s1. The quantitative estimate of drug-likeness (QED) is 0.852. The van der Waals surface area contributed by atoms with E-state index in [0.717, 1.165) is 0 Å². The van der Waals surface area contributed by atoms with Crippen LogP contribution in [0.3, 0.4) is 0 Å². The predicted molar refractivity (Wildman–Crippen MR) is 80.0 cm³/mol. The van der Waals surface area contributed by atoms with Gasteiger partial charge in [-0.05, 0) is 51.3 Å². The van der Waals surface area contributed by atoms with Gasteiger partial charge in [-0.25, -0.2) is 9.18 Å². The van der Waals surface area contributed by atoms with Crippen LogP contribution in [0.15, 0.2) is 24.3 Å². The number of halogens is 1. The van der Waals surface area contributed by atoms with E-state index in [-0.39, 0.29) is 12.8 Å². The van der Waals surface area contributed by atoms with Gasteiger partial charge in [0.05, 0.1) is 11.5 Å². The van der Waals surface area contributed by atoms with Gasteiger partial charge in [-0.1, -0.05) is 12.1 Å². The maximum absolute atomic E-state index is 13.0. The highest BCUT2D eigenvalue weighted by Crippen LogP contribution is 2.34. The summed E-state index contributed by atoms with van der Waals surface area (Å²) < 4.78 is 18.4. The highest BCUT2D eigenvalue weighted by molar-refractivity contribution is 5.84. The van der Waals surface area contributed by atoms with Gasteiger partial charge in [0.15, 0.2) is 0 Å². The number of carbonyl (C=O) groups is 2. The second kappa shape index (κ2) is 6.18. The lowest BCUT2D eigenvalue weighted by Gasteiger charge is -2.40. The highest BCUT2D eigenvalue weighted by Gasteiger charge is 2.46. The van der Waals surface area contributed by atoms with E-state index in [1.54, 1.807) is 20.8 Å². The summed E-state index contributed by atoms with van der Waals surface area (Å²) in [5.41, 5.74) is -1.54. The molecule has 0 N–H and O–H groups in total. The number of aliphatic carboxylic acids is 1. The Bertz CT molecular complexity index is 594. The number of carbonyl (C=O) groups excluding carboxylic acids is 2. The Morgan fingerprint density at radius 3 is 2.43 bits per heavy atom. The van der Waals surface area contributed by atoms with Crippen LogP contribution in [0.5, 0.6) is 0 Å². The van der Waals surface area contributed by atoms with Crippen molar-refractivity contribution >= 4 is 12.1 Å². The van der Waals surface area contributed by atoms with Gasteiger partial charge in [-0.3, -0.25) is 4.90 Å². The van der Waals surface area contributed by atoms with Crippen molar-refractivity contribution in [2.24, 2.45) is 0 Å². The van der Waals surface area contributed by atoms with Gasteiger partial charge in [0.25, 0.3) is 0 Å². The largest absolute Gasteiger partial charge is 0.548 e. The summed E-state index contributed by atoms with van der Waals surface area (Å²) in [4.78, 5) is 25.5. The molecule has 0 radical (unpaired) electrons. The fraction of sp³-hybridized carbons (Fsp3) is 0.529. The molecule has 5 nitrogen and oxygen atoms in total. The normalized spacial score (nSPS) is 21.3. The molecule has 1 aliphatic heterocycles. The zero-order valence-corrected chi connectivity index (χ0v) is 13.6. The summed E-state index contributed by atoms with van der Waals surface area (Å²) in [5.74, 6) is -1.71. The Hall–Kier alpha value is -2.11. The van der Waals surface area contributed by atoms with E-state index in [4.69, 9.17) is 4.74 Å². The number of amides is 1. The highest BCUT2D eigenvalue weighted by atomic mass is 19.1. The van der Waals surface area contributed by atoms with Crippen molar-refractivity contribution in [2.75, 3.05) is 6.54 Å². The first-order valence-corrected chi connectivity index (χ1v) is 7.61. The van der Waals surface area contributed by atoms with E-state index < -0.39 is 29.0 Å². The monoisotopic (exact) mass is 322 g/mol. The van der Waals surface area contributed by atoms with Crippen LogP contribution < -0.4 is 5.11 Å². The maximum Gasteiger partial charge on any atom is 0.411 e. The van der Waals surface area contributed by atoms with Crippen LogP contribution in [0, 0.1) is 5.82 Å². The molecule has 23 heavy (non-hydrogen) atoms. The van der Waals surface area contributed by atoms with Crippen LogP contribution in [-0.4, -0.2) is 34.6 Å². The number of benzene rings is 1. The van der Waals surface area contributed by atoms with Gasteiger partial charge >= 0.3 is 6.09 Å². The van der Waals surface area contributed by atoms with Crippen molar-refractivity contribution in [1.82, 2.24) is 4.90 Å². The van der Waals surface area contributed by atoms with Crippen LogP contribution >= 0.6 is 0 Å². The zero-order valence-electron chi connectivity index (χ0n) is 13.6. The van der Waals surface area contributed by atoms with E-state index >= 15 is 0 Å². The minimum Gasteiger partial charge on any atom is -0.548 e. The lowest BCUT2D eigenvalue weighted by Crippen LogP contribution is -2.60. The molecule has 0 aliphatic carbocycles. The smallest absolute Gasteiger partial charge is 0.411 e. The van der Waals surface area contributed by atoms with E-state index in [1.807, 2.05) is 0 Å². The molecule has 1 saturated heterocycles. The lowest BCUT2D eigenvalue weighted by molar-refractivity contribution is -0.317. The van der Waals surface area contributed by atoms with Crippen LogP contribution in [-0.2, 0) is 16.0 Å². The maximum atomic E-state index is 13.0. The number of hydrogen-bond acceptors (Lipinski definition) is 4. The Morgan fingerprint density at radius 1 is 1.30 bits per heavy atom. The number of carboxylic acid groups (broad SMARTS) is 1. The van der Waals surface area contributed by atoms with E-state index in [1.165, 1.54) is 29.2 Å². The summed E-state index contributed by atoms with van der Waals surface area (Å²) in [6.45, 7) is 5.47. The van der Waals surface area contributed by atoms with E-state index in [2.05, 4.69) is 0 Å². The molecule has 1 aliphatic rings. The fourth-order valence-electron chi connectivity index (χ4n) is 2.87. The molecule has 126 valence electrons. The number of ether oxygens (including phenoxy) is 1. The van der Waals surface area contributed by atoms with E-state index in [9.17, 15) is 19.1 Å². The molecule has 2 rings (SSSR count). The molecule has 0 unspecified atom stereocenters. The third-order valence-electron chi connectivity index (χ3n) is 3.89. The molecule has 0 saturated carbocycles. The molecule has 1 fully saturated rings.